The summed E-state index contributed by atoms with van der Waals surface area (Å²) in [6.07, 6.45) is 11.6. The normalized spacial score (nSPS) is 30.0. The first-order chi connectivity index (χ1) is 10.1. The first kappa shape index (κ1) is 15.8. The van der Waals surface area contributed by atoms with Crippen LogP contribution in [-0.4, -0.2) is 23.8 Å². The van der Waals surface area contributed by atoms with Crippen LogP contribution in [0.1, 0.15) is 20.3 Å². The smallest absolute Gasteiger partial charge is 0.159 e. The summed E-state index contributed by atoms with van der Waals surface area (Å²) in [7, 11) is 0. The first-order valence-electron chi connectivity index (χ1n) is 7.12. The Morgan fingerprint density at radius 3 is 3.00 bits per heavy atom. The lowest BCUT2D eigenvalue weighted by Gasteiger charge is -2.39. The fourth-order valence-corrected chi connectivity index (χ4v) is 3.45. The molecule has 0 spiro atoms. The summed E-state index contributed by atoms with van der Waals surface area (Å²) in [4.78, 5) is 14.2. The molecule has 0 N–H and O–H groups in total. The number of allylic oxidation sites excluding steroid dienone is 4. The van der Waals surface area contributed by atoms with Crippen LogP contribution in [0.3, 0.4) is 0 Å². The second-order valence-electron chi connectivity index (χ2n) is 5.10. The number of carbonyl (C=O) groups excluding carboxylic acids is 1. The van der Waals surface area contributed by atoms with Crippen LogP contribution in [0.4, 0.5) is 4.39 Å². The van der Waals surface area contributed by atoms with Gasteiger partial charge in [0, 0.05) is 17.4 Å². The van der Waals surface area contributed by atoms with Gasteiger partial charge in [0.15, 0.2) is 6.29 Å². The van der Waals surface area contributed by atoms with Crippen LogP contribution in [0, 0.1) is 5.92 Å². The lowest BCUT2D eigenvalue weighted by molar-refractivity contribution is -0.104. The molecule has 0 radical (unpaired) electrons. The van der Waals surface area contributed by atoms with E-state index in [9.17, 15) is 9.18 Å². The maximum atomic E-state index is 14.6. The zero-order valence-corrected chi connectivity index (χ0v) is 13.2. The van der Waals surface area contributed by atoms with Crippen molar-refractivity contribution in [3.05, 3.63) is 58.3 Å². The molecule has 4 heteroatoms. The summed E-state index contributed by atoms with van der Waals surface area (Å²) in [5.74, 6) is -0.723. The molecule has 2 aliphatic rings. The predicted molar refractivity (Wildman–Crippen MR) is 87.2 cm³/mol. The van der Waals surface area contributed by atoms with Crippen molar-refractivity contribution >= 4 is 18.0 Å². The van der Waals surface area contributed by atoms with Gasteiger partial charge in [0.2, 0.25) is 0 Å². The fourth-order valence-electron chi connectivity index (χ4n) is 2.57. The Hall–Kier alpha value is -1.55. The molecule has 0 amide bonds. The number of hydrogen-bond donors (Lipinski definition) is 0. The van der Waals surface area contributed by atoms with Gasteiger partial charge in [-0.25, -0.2) is 4.39 Å². The molecule has 0 saturated heterocycles. The molecule has 0 aliphatic carbocycles. The van der Waals surface area contributed by atoms with Gasteiger partial charge < -0.3 is 4.90 Å². The molecule has 0 aromatic carbocycles. The molecule has 21 heavy (non-hydrogen) atoms. The molecule has 2 rings (SSSR count). The van der Waals surface area contributed by atoms with Crippen LogP contribution in [-0.2, 0) is 4.79 Å². The number of rotatable bonds is 3. The first-order valence-corrected chi connectivity index (χ1v) is 7.93. The van der Waals surface area contributed by atoms with Gasteiger partial charge in [-0.2, -0.15) is 0 Å². The molecular formula is C17H20FNOS. The van der Waals surface area contributed by atoms with E-state index < -0.39 is 0 Å². The number of nitrogens with zero attached hydrogens (tertiary/aromatic N) is 1. The molecule has 2 unspecified atom stereocenters. The zero-order valence-electron chi connectivity index (χ0n) is 12.4. The highest BCUT2D eigenvalue weighted by Crippen LogP contribution is 2.41. The summed E-state index contributed by atoms with van der Waals surface area (Å²) < 4.78 is 14.6. The second kappa shape index (κ2) is 6.94. The summed E-state index contributed by atoms with van der Waals surface area (Å²) >= 11 is 1.12. The maximum absolute atomic E-state index is 14.6. The quantitative estimate of drug-likeness (QED) is 0.571. The van der Waals surface area contributed by atoms with Crippen molar-refractivity contribution in [2.45, 2.75) is 26.3 Å². The van der Waals surface area contributed by atoms with Crippen LogP contribution >= 0.6 is 11.8 Å². The number of thioether (sulfide) groups is 1. The van der Waals surface area contributed by atoms with Crippen LogP contribution in [0.2, 0.25) is 0 Å². The third-order valence-electron chi connectivity index (χ3n) is 3.70. The van der Waals surface area contributed by atoms with Gasteiger partial charge in [-0.3, -0.25) is 4.79 Å². The molecule has 112 valence electrons. The highest BCUT2D eigenvalue weighted by molar-refractivity contribution is 8.07. The van der Waals surface area contributed by atoms with E-state index in [1.54, 1.807) is 0 Å². The molecular weight excluding hydrogens is 285 g/mol. The highest BCUT2D eigenvalue weighted by Gasteiger charge is 2.32. The molecule has 2 atom stereocenters. The van der Waals surface area contributed by atoms with Crippen LogP contribution < -0.4 is 0 Å². The van der Waals surface area contributed by atoms with Gasteiger partial charge >= 0.3 is 0 Å². The van der Waals surface area contributed by atoms with Crippen molar-refractivity contribution in [2.24, 2.45) is 5.92 Å². The average molecular weight is 305 g/mol. The van der Waals surface area contributed by atoms with Gasteiger partial charge in [-0.15, -0.1) is 0 Å². The fraction of sp³-hybridized carbons (Fsp3) is 0.353. The molecule has 2 aliphatic heterocycles. The van der Waals surface area contributed by atoms with Gasteiger partial charge in [0.25, 0.3) is 0 Å². The van der Waals surface area contributed by atoms with Crippen molar-refractivity contribution in [2.75, 3.05) is 6.54 Å². The summed E-state index contributed by atoms with van der Waals surface area (Å²) in [6.45, 7) is 8.61. The van der Waals surface area contributed by atoms with E-state index in [-0.39, 0.29) is 22.7 Å². The van der Waals surface area contributed by atoms with Gasteiger partial charge in [0.1, 0.15) is 5.83 Å². The minimum absolute atomic E-state index is 0.117. The summed E-state index contributed by atoms with van der Waals surface area (Å²) in [5, 5.41) is 0. The zero-order chi connectivity index (χ0) is 15.4. The average Bonchev–Trinajstić information content (AvgIpc) is 2.51. The van der Waals surface area contributed by atoms with E-state index in [1.807, 2.05) is 37.3 Å². The number of halogens is 1. The molecule has 0 fully saturated rings. The van der Waals surface area contributed by atoms with Crippen molar-refractivity contribution < 1.29 is 9.18 Å². The monoisotopic (exact) mass is 305 g/mol. The largest absolute Gasteiger partial charge is 0.360 e. The van der Waals surface area contributed by atoms with Gasteiger partial charge in [-0.1, -0.05) is 56.5 Å². The summed E-state index contributed by atoms with van der Waals surface area (Å²) in [6, 6.07) is -0.117. The van der Waals surface area contributed by atoms with Gasteiger partial charge in [-0.05, 0) is 12.5 Å². The topological polar surface area (TPSA) is 20.3 Å². The Labute approximate surface area is 129 Å². The van der Waals surface area contributed by atoms with E-state index in [2.05, 4.69) is 18.4 Å². The van der Waals surface area contributed by atoms with E-state index in [4.69, 9.17) is 0 Å². The Bertz CT molecular complexity index is 559. The molecule has 2 nitrogen and oxygen atoms in total. The molecule has 0 aromatic heterocycles. The van der Waals surface area contributed by atoms with E-state index >= 15 is 0 Å². The van der Waals surface area contributed by atoms with Crippen LogP contribution in [0.15, 0.2) is 58.3 Å². The predicted octanol–water partition coefficient (Wildman–Crippen LogP) is 4.35. The Morgan fingerprint density at radius 1 is 1.57 bits per heavy atom. The molecule has 0 bridgehead atoms. The summed E-state index contributed by atoms with van der Waals surface area (Å²) in [5.41, 5.74) is 0.965. The maximum Gasteiger partial charge on any atom is 0.159 e. The SMILES string of the molecule is C=C1S/C(C=O)=C(/F)C(C)C(C=CCC)N2CC=CC=C12. The van der Waals surface area contributed by atoms with Gasteiger partial charge in [0.05, 0.1) is 16.6 Å². The minimum atomic E-state index is -0.372. The van der Waals surface area contributed by atoms with Crippen molar-refractivity contribution in [1.29, 1.82) is 0 Å². The third-order valence-corrected chi connectivity index (χ3v) is 4.67. The second-order valence-corrected chi connectivity index (χ2v) is 6.24. The number of aldehydes is 1. The Balaban J connectivity index is 2.52. The third kappa shape index (κ3) is 3.21. The molecule has 0 aromatic rings. The lowest BCUT2D eigenvalue weighted by atomic mass is 9.95. The van der Waals surface area contributed by atoms with Crippen LogP contribution in [0.25, 0.3) is 0 Å². The lowest BCUT2D eigenvalue weighted by Crippen LogP contribution is -2.40. The van der Waals surface area contributed by atoms with E-state index in [0.717, 1.165) is 30.4 Å². The molecule has 0 saturated carbocycles. The Kier molecular flexibility index (Phi) is 5.23. The van der Waals surface area contributed by atoms with Crippen molar-refractivity contribution in [3.8, 4) is 0 Å². The van der Waals surface area contributed by atoms with E-state index in [1.165, 1.54) is 0 Å². The Morgan fingerprint density at radius 2 is 2.33 bits per heavy atom. The minimum Gasteiger partial charge on any atom is -0.360 e. The van der Waals surface area contributed by atoms with Crippen molar-refractivity contribution in [3.63, 3.8) is 0 Å². The number of fused-ring (bicyclic) bond motifs is 1. The van der Waals surface area contributed by atoms with Crippen LogP contribution in [0.5, 0.6) is 0 Å². The standard InChI is InChI=1S/C17H20FNOS/c1-4-5-8-14-12(2)17(18)16(11-20)21-13(3)15-9-6-7-10-19(14)15/h5-9,11-12,14H,3-4,10H2,1-2H3/b8-5?,17-16+. The number of carbonyl (C=O) groups is 1. The number of hydrogen-bond acceptors (Lipinski definition) is 3. The van der Waals surface area contributed by atoms with E-state index in [0.29, 0.717) is 11.2 Å². The van der Waals surface area contributed by atoms with Crippen molar-refractivity contribution in [1.82, 2.24) is 4.90 Å². The molecule has 2 heterocycles. The highest BCUT2D eigenvalue weighted by atomic mass is 32.2.